The molecule has 1 aliphatic carbocycles. The zero-order valence-corrected chi connectivity index (χ0v) is 13.3. The maximum atomic E-state index is 13.3. The Hall–Kier alpha value is -0.740. The van der Waals surface area contributed by atoms with E-state index < -0.39 is 0 Å². The van der Waals surface area contributed by atoms with Crippen LogP contribution < -0.4 is 0 Å². The summed E-state index contributed by atoms with van der Waals surface area (Å²) in [4.78, 5) is 12.4. The van der Waals surface area contributed by atoms with Crippen LogP contribution in [0.5, 0.6) is 0 Å². The lowest BCUT2D eigenvalue weighted by Gasteiger charge is -2.28. The van der Waals surface area contributed by atoms with Gasteiger partial charge in [0.1, 0.15) is 11.9 Å². The Morgan fingerprint density at radius 3 is 2.75 bits per heavy atom. The largest absolute Gasteiger partial charge is 0.373 e. The monoisotopic (exact) mass is 342 g/mol. The summed E-state index contributed by atoms with van der Waals surface area (Å²) in [7, 11) is 1.60. The van der Waals surface area contributed by atoms with Crippen molar-refractivity contribution < 1.29 is 13.9 Å². The van der Waals surface area contributed by atoms with Gasteiger partial charge in [0.25, 0.3) is 0 Å². The molecule has 1 aromatic rings. The third-order valence-electron chi connectivity index (χ3n) is 4.02. The molecule has 0 bridgehead atoms. The second-order valence-corrected chi connectivity index (χ2v) is 6.29. The minimum absolute atomic E-state index is 0.0469. The fourth-order valence-corrected chi connectivity index (χ4v) is 3.38. The van der Waals surface area contributed by atoms with E-state index in [1.807, 2.05) is 0 Å². The van der Waals surface area contributed by atoms with Gasteiger partial charge in [-0.1, -0.05) is 35.2 Å². The predicted molar refractivity (Wildman–Crippen MR) is 80.2 cm³/mol. The van der Waals surface area contributed by atoms with E-state index in [-0.39, 0.29) is 24.1 Å². The van der Waals surface area contributed by atoms with E-state index in [4.69, 9.17) is 4.74 Å². The molecule has 0 radical (unpaired) electrons. The van der Waals surface area contributed by atoms with E-state index in [0.29, 0.717) is 11.5 Å². The van der Waals surface area contributed by atoms with Gasteiger partial charge < -0.3 is 4.74 Å². The predicted octanol–water partition coefficient (Wildman–Crippen LogP) is 4.30. The van der Waals surface area contributed by atoms with Crippen LogP contribution in [0, 0.1) is 11.7 Å². The van der Waals surface area contributed by atoms with Crippen LogP contribution in [-0.4, -0.2) is 19.0 Å². The first-order valence-electron chi connectivity index (χ1n) is 7.11. The molecule has 0 heterocycles. The maximum Gasteiger partial charge on any atom is 0.166 e. The van der Waals surface area contributed by atoms with E-state index in [2.05, 4.69) is 15.9 Å². The third kappa shape index (κ3) is 3.89. The highest BCUT2D eigenvalue weighted by Gasteiger charge is 2.29. The molecule has 0 amide bonds. The van der Waals surface area contributed by atoms with Gasteiger partial charge in [0.15, 0.2) is 5.78 Å². The number of hydrogen-bond acceptors (Lipinski definition) is 2. The number of ether oxygens (including phenoxy) is 1. The molecule has 0 aromatic heterocycles. The molecule has 20 heavy (non-hydrogen) atoms. The standard InChI is InChI=1S/C16H20BrFO2/c1-20-16(11-5-3-2-4-6-11)15(19)10-12-9-13(18)7-8-14(12)17/h7-9,11,16H,2-6,10H2,1H3. The summed E-state index contributed by atoms with van der Waals surface area (Å²) in [5.41, 5.74) is 0.688. The maximum absolute atomic E-state index is 13.3. The lowest BCUT2D eigenvalue weighted by Crippen LogP contribution is -2.34. The summed E-state index contributed by atoms with van der Waals surface area (Å²) in [6, 6.07) is 4.43. The molecule has 1 aromatic carbocycles. The molecule has 2 rings (SSSR count). The number of rotatable bonds is 5. The second-order valence-electron chi connectivity index (χ2n) is 5.43. The van der Waals surface area contributed by atoms with Gasteiger partial charge in [0.05, 0.1) is 0 Å². The van der Waals surface area contributed by atoms with Gasteiger partial charge in [-0.25, -0.2) is 4.39 Å². The summed E-state index contributed by atoms with van der Waals surface area (Å²) in [5, 5.41) is 0. The van der Waals surface area contributed by atoms with Crippen LogP contribution in [0.2, 0.25) is 0 Å². The normalized spacial score (nSPS) is 17.9. The van der Waals surface area contributed by atoms with Crippen LogP contribution in [0.25, 0.3) is 0 Å². The summed E-state index contributed by atoms with van der Waals surface area (Å²) in [6.07, 6.45) is 5.54. The van der Waals surface area contributed by atoms with Crippen molar-refractivity contribution in [2.24, 2.45) is 5.92 Å². The average molecular weight is 343 g/mol. The molecular weight excluding hydrogens is 323 g/mol. The SMILES string of the molecule is COC(C(=O)Cc1cc(F)ccc1Br)C1CCCCC1. The van der Waals surface area contributed by atoms with Gasteiger partial charge in [-0.05, 0) is 42.5 Å². The minimum Gasteiger partial charge on any atom is -0.373 e. The zero-order chi connectivity index (χ0) is 14.5. The van der Waals surface area contributed by atoms with Crippen LogP contribution in [0.3, 0.4) is 0 Å². The third-order valence-corrected chi connectivity index (χ3v) is 4.80. The summed E-state index contributed by atoms with van der Waals surface area (Å²) < 4.78 is 19.5. The number of Topliss-reactive ketones (excluding diaryl/α,β-unsaturated/α-hetero) is 1. The van der Waals surface area contributed by atoms with Crippen molar-refractivity contribution in [1.29, 1.82) is 0 Å². The van der Waals surface area contributed by atoms with Crippen molar-refractivity contribution in [2.75, 3.05) is 7.11 Å². The van der Waals surface area contributed by atoms with Crippen LogP contribution >= 0.6 is 15.9 Å². The molecule has 0 aliphatic heterocycles. The minimum atomic E-state index is -0.356. The summed E-state index contributed by atoms with van der Waals surface area (Å²) in [5.74, 6) is 0.0434. The Bertz CT molecular complexity index is 470. The summed E-state index contributed by atoms with van der Waals surface area (Å²) >= 11 is 3.37. The fraction of sp³-hybridized carbons (Fsp3) is 0.562. The lowest BCUT2D eigenvalue weighted by molar-refractivity contribution is -0.132. The average Bonchev–Trinajstić information content (AvgIpc) is 2.45. The zero-order valence-electron chi connectivity index (χ0n) is 11.7. The molecule has 110 valence electrons. The Labute approximate surface area is 127 Å². The van der Waals surface area contributed by atoms with Gasteiger partial charge in [-0.15, -0.1) is 0 Å². The molecule has 0 N–H and O–H groups in total. The van der Waals surface area contributed by atoms with Crippen LogP contribution in [0.1, 0.15) is 37.7 Å². The highest BCUT2D eigenvalue weighted by Crippen LogP contribution is 2.29. The van der Waals surface area contributed by atoms with Crippen LogP contribution in [0.4, 0.5) is 4.39 Å². The van der Waals surface area contributed by atoms with Crippen molar-refractivity contribution in [3.63, 3.8) is 0 Å². The smallest absolute Gasteiger partial charge is 0.166 e. The van der Waals surface area contributed by atoms with E-state index in [1.165, 1.54) is 31.4 Å². The lowest BCUT2D eigenvalue weighted by atomic mass is 9.82. The molecule has 1 aliphatic rings. The van der Waals surface area contributed by atoms with Gasteiger partial charge in [0, 0.05) is 18.0 Å². The van der Waals surface area contributed by atoms with Gasteiger partial charge in [0.2, 0.25) is 0 Å². The van der Waals surface area contributed by atoms with Crippen molar-refractivity contribution in [3.8, 4) is 0 Å². The van der Waals surface area contributed by atoms with E-state index >= 15 is 0 Å². The Morgan fingerprint density at radius 1 is 1.40 bits per heavy atom. The van der Waals surface area contributed by atoms with Crippen molar-refractivity contribution in [3.05, 3.63) is 34.1 Å². The summed E-state index contributed by atoms with van der Waals surface area (Å²) in [6.45, 7) is 0. The molecule has 1 atom stereocenters. The molecule has 2 nitrogen and oxygen atoms in total. The topological polar surface area (TPSA) is 26.3 Å². The van der Waals surface area contributed by atoms with Crippen molar-refractivity contribution in [1.82, 2.24) is 0 Å². The Balaban J connectivity index is 2.06. The van der Waals surface area contributed by atoms with Gasteiger partial charge >= 0.3 is 0 Å². The first-order chi connectivity index (χ1) is 9.61. The number of carbonyl (C=O) groups is 1. The quantitative estimate of drug-likeness (QED) is 0.797. The molecule has 1 saturated carbocycles. The number of halogens is 2. The van der Waals surface area contributed by atoms with Crippen LogP contribution in [0.15, 0.2) is 22.7 Å². The van der Waals surface area contributed by atoms with E-state index in [0.717, 1.165) is 17.3 Å². The number of benzene rings is 1. The number of ketones is 1. The molecular formula is C16H20BrFO2. The Morgan fingerprint density at radius 2 is 2.10 bits per heavy atom. The van der Waals surface area contributed by atoms with E-state index in [1.54, 1.807) is 13.2 Å². The molecule has 1 fully saturated rings. The van der Waals surface area contributed by atoms with Gasteiger partial charge in [-0.2, -0.15) is 0 Å². The van der Waals surface area contributed by atoms with Crippen molar-refractivity contribution in [2.45, 2.75) is 44.6 Å². The van der Waals surface area contributed by atoms with Gasteiger partial charge in [-0.3, -0.25) is 4.79 Å². The molecule has 0 spiro atoms. The Kier molecular flexibility index (Phi) is 5.73. The molecule has 1 unspecified atom stereocenters. The number of methoxy groups -OCH3 is 1. The van der Waals surface area contributed by atoms with Crippen molar-refractivity contribution >= 4 is 21.7 Å². The fourth-order valence-electron chi connectivity index (χ4n) is 2.99. The first kappa shape index (κ1) is 15.6. The van der Waals surface area contributed by atoms with Crippen LogP contribution in [-0.2, 0) is 16.0 Å². The molecule has 4 heteroatoms. The highest BCUT2D eigenvalue weighted by atomic mass is 79.9. The first-order valence-corrected chi connectivity index (χ1v) is 7.90. The number of hydrogen-bond donors (Lipinski definition) is 0. The number of carbonyl (C=O) groups excluding carboxylic acids is 1. The second kappa shape index (κ2) is 7.32. The van der Waals surface area contributed by atoms with E-state index in [9.17, 15) is 9.18 Å². The highest BCUT2D eigenvalue weighted by molar-refractivity contribution is 9.10. The molecule has 0 saturated heterocycles.